The van der Waals surface area contributed by atoms with Crippen LogP contribution in [0.3, 0.4) is 0 Å². The van der Waals surface area contributed by atoms with Crippen molar-refractivity contribution in [3.8, 4) is 0 Å². The van der Waals surface area contributed by atoms with Crippen molar-refractivity contribution in [3.63, 3.8) is 0 Å². The summed E-state index contributed by atoms with van der Waals surface area (Å²) in [4.78, 5) is 25.7. The third kappa shape index (κ3) is 3.88. The average molecular weight is 331 g/mol. The van der Waals surface area contributed by atoms with Crippen LogP contribution in [0, 0.1) is 11.8 Å². The molecule has 128 valence electrons. The highest BCUT2D eigenvalue weighted by Gasteiger charge is 2.32. The summed E-state index contributed by atoms with van der Waals surface area (Å²) in [5.74, 6) is 0.252. The number of rotatable bonds is 6. The highest BCUT2D eigenvalue weighted by molar-refractivity contribution is 5.79. The second-order valence-electron chi connectivity index (χ2n) is 6.24. The molecule has 1 aliphatic rings. The van der Waals surface area contributed by atoms with E-state index in [9.17, 15) is 9.59 Å². The monoisotopic (exact) mass is 331 g/mol. The highest BCUT2D eigenvalue weighted by atomic mass is 16.4. The van der Waals surface area contributed by atoms with Gasteiger partial charge in [-0.05, 0) is 49.9 Å². The van der Waals surface area contributed by atoms with Gasteiger partial charge in [0.1, 0.15) is 11.5 Å². The molecular formula is C18H21NO5. The number of carboxylic acid groups (broad SMARTS) is 1. The first-order valence-electron chi connectivity index (χ1n) is 8.20. The molecule has 2 aromatic heterocycles. The third-order valence-corrected chi connectivity index (χ3v) is 4.59. The van der Waals surface area contributed by atoms with E-state index in [0.29, 0.717) is 50.3 Å². The Balaban J connectivity index is 1.67. The van der Waals surface area contributed by atoms with Crippen LogP contribution in [0.25, 0.3) is 0 Å². The molecule has 1 aliphatic carbocycles. The van der Waals surface area contributed by atoms with Gasteiger partial charge in [-0.3, -0.25) is 9.59 Å². The Labute approximate surface area is 140 Å². The van der Waals surface area contributed by atoms with E-state index in [1.54, 1.807) is 29.6 Å². The van der Waals surface area contributed by atoms with Gasteiger partial charge in [0.25, 0.3) is 0 Å². The largest absolute Gasteiger partial charge is 0.481 e. The van der Waals surface area contributed by atoms with Gasteiger partial charge in [0, 0.05) is 5.92 Å². The zero-order valence-corrected chi connectivity index (χ0v) is 13.4. The molecule has 0 radical (unpaired) electrons. The number of amides is 1. The van der Waals surface area contributed by atoms with Crippen LogP contribution in [0.1, 0.15) is 37.2 Å². The van der Waals surface area contributed by atoms with E-state index >= 15 is 0 Å². The summed E-state index contributed by atoms with van der Waals surface area (Å²) in [5.41, 5.74) is 0. The Hall–Kier alpha value is -2.50. The van der Waals surface area contributed by atoms with Crippen molar-refractivity contribution in [2.75, 3.05) is 0 Å². The average Bonchev–Trinajstić information content (AvgIpc) is 3.27. The number of carbonyl (C=O) groups excluding carboxylic acids is 1. The molecule has 0 unspecified atom stereocenters. The molecule has 1 saturated carbocycles. The number of carboxylic acids is 1. The van der Waals surface area contributed by atoms with Crippen LogP contribution in [-0.4, -0.2) is 21.9 Å². The van der Waals surface area contributed by atoms with E-state index in [1.807, 2.05) is 12.1 Å². The van der Waals surface area contributed by atoms with Gasteiger partial charge in [-0.15, -0.1) is 0 Å². The quantitative estimate of drug-likeness (QED) is 0.878. The summed E-state index contributed by atoms with van der Waals surface area (Å²) in [7, 11) is 0. The highest BCUT2D eigenvalue weighted by Crippen LogP contribution is 2.31. The zero-order valence-electron chi connectivity index (χ0n) is 13.4. The Morgan fingerprint density at radius 1 is 0.958 bits per heavy atom. The molecule has 0 bridgehead atoms. The van der Waals surface area contributed by atoms with Gasteiger partial charge >= 0.3 is 5.97 Å². The summed E-state index contributed by atoms with van der Waals surface area (Å²) in [6, 6.07) is 7.26. The SMILES string of the molecule is O=C(O)C1CCC(C(=O)N(Cc2ccco2)Cc2ccco2)CC1. The zero-order chi connectivity index (χ0) is 16.9. The Morgan fingerprint density at radius 3 is 1.88 bits per heavy atom. The van der Waals surface area contributed by atoms with E-state index in [0.717, 1.165) is 0 Å². The molecule has 6 nitrogen and oxygen atoms in total. The molecule has 2 heterocycles. The lowest BCUT2D eigenvalue weighted by atomic mass is 9.81. The molecule has 6 heteroatoms. The van der Waals surface area contributed by atoms with E-state index in [2.05, 4.69) is 0 Å². The molecule has 0 spiro atoms. The van der Waals surface area contributed by atoms with Gasteiger partial charge in [-0.2, -0.15) is 0 Å². The third-order valence-electron chi connectivity index (χ3n) is 4.59. The van der Waals surface area contributed by atoms with Crippen molar-refractivity contribution < 1.29 is 23.5 Å². The van der Waals surface area contributed by atoms with E-state index in [1.165, 1.54) is 0 Å². The van der Waals surface area contributed by atoms with Gasteiger partial charge < -0.3 is 18.8 Å². The van der Waals surface area contributed by atoms with Gasteiger partial charge in [-0.1, -0.05) is 0 Å². The van der Waals surface area contributed by atoms with Gasteiger partial charge in [0.2, 0.25) is 5.91 Å². The number of aliphatic carboxylic acids is 1. The fraction of sp³-hybridized carbons (Fsp3) is 0.444. The van der Waals surface area contributed by atoms with Gasteiger partial charge in [0.05, 0.1) is 31.5 Å². The number of nitrogens with zero attached hydrogens (tertiary/aromatic N) is 1. The molecule has 1 fully saturated rings. The Morgan fingerprint density at radius 2 is 1.46 bits per heavy atom. The molecule has 3 rings (SSSR count). The summed E-state index contributed by atoms with van der Waals surface area (Å²) in [5, 5.41) is 9.09. The molecule has 1 amide bonds. The number of hydrogen-bond acceptors (Lipinski definition) is 4. The minimum absolute atomic E-state index is 0.0339. The van der Waals surface area contributed by atoms with Crippen LogP contribution in [-0.2, 0) is 22.7 Å². The van der Waals surface area contributed by atoms with Gasteiger partial charge in [-0.25, -0.2) is 0 Å². The van der Waals surface area contributed by atoms with Crippen LogP contribution < -0.4 is 0 Å². The first kappa shape index (κ1) is 16.4. The fourth-order valence-electron chi connectivity index (χ4n) is 3.24. The lowest BCUT2D eigenvalue weighted by Gasteiger charge is -2.30. The molecule has 0 aromatic carbocycles. The normalized spacial score (nSPS) is 20.7. The number of furan rings is 2. The first-order chi connectivity index (χ1) is 11.6. The number of hydrogen-bond donors (Lipinski definition) is 1. The Bertz CT molecular complexity index is 617. The van der Waals surface area contributed by atoms with E-state index < -0.39 is 5.97 Å². The molecular weight excluding hydrogens is 310 g/mol. The number of carbonyl (C=O) groups is 2. The minimum Gasteiger partial charge on any atom is -0.481 e. The summed E-state index contributed by atoms with van der Waals surface area (Å²) in [6.45, 7) is 0.761. The van der Waals surface area contributed by atoms with Crippen molar-refractivity contribution in [2.24, 2.45) is 11.8 Å². The van der Waals surface area contributed by atoms with Crippen molar-refractivity contribution in [2.45, 2.75) is 38.8 Å². The van der Waals surface area contributed by atoms with Crippen LogP contribution in [0.2, 0.25) is 0 Å². The van der Waals surface area contributed by atoms with Crippen LogP contribution in [0.15, 0.2) is 45.6 Å². The molecule has 24 heavy (non-hydrogen) atoms. The maximum atomic E-state index is 12.9. The minimum atomic E-state index is -0.760. The maximum absolute atomic E-state index is 12.9. The van der Waals surface area contributed by atoms with Crippen LogP contribution >= 0.6 is 0 Å². The standard InChI is InChI=1S/C18H21NO5/c20-17(13-5-7-14(8-6-13)18(21)22)19(11-15-3-1-9-23-15)12-16-4-2-10-24-16/h1-4,9-10,13-14H,5-8,11-12H2,(H,21,22). The van der Waals surface area contributed by atoms with Crippen molar-refractivity contribution >= 4 is 11.9 Å². The van der Waals surface area contributed by atoms with Gasteiger partial charge in [0.15, 0.2) is 0 Å². The summed E-state index contributed by atoms with van der Waals surface area (Å²) >= 11 is 0. The first-order valence-corrected chi connectivity index (χ1v) is 8.20. The van der Waals surface area contributed by atoms with Crippen LogP contribution in [0.4, 0.5) is 0 Å². The summed E-state index contributed by atoms with van der Waals surface area (Å²) < 4.78 is 10.7. The molecule has 2 aromatic rings. The van der Waals surface area contributed by atoms with E-state index in [-0.39, 0.29) is 17.7 Å². The topological polar surface area (TPSA) is 83.9 Å². The molecule has 0 aliphatic heterocycles. The predicted octanol–water partition coefficient (Wildman–Crippen LogP) is 3.29. The van der Waals surface area contributed by atoms with Crippen molar-refractivity contribution in [1.82, 2.24) is 4.90 Å². The smallest absolute Gasteiger partial charge is 0.306 e. The van der Waals surface area contributed by atoms with Crippen molar-refractivity contribution in [1.29, 1.82) is 0 Å². The predicted molar refractivity (Wildman–Crippen MR) is 84.8 cm³/mol. The van der Waals surface area contributed by atoms with E-state index in [4.69, 9.17) is 13.9 Å². The fourth-order valence-corrected chi connectivity index (χ4v) is 3.24. The van der Waals surface area contributed by atoms with Crippen molar-refractivity contribution in [3.05, 3.63) is 48.3 Å². The van der Waals surface area contributed by atoms with Crippen LogP contribution in [0.5, 0.6) is 0 Å². The lowest BCUT2D eigenvalue weighted by molar-refractivity contribution is -0.146. The molecule has 0 atom stereocenters. The molecule has 1 N–H and O–H groups in total. The lowest BCUT2D eigenvalue weighted by Crippen LogP contribution is -2.37. The second kappa shape index (κ2) is 7.38. The molecule has 0 saturated heterocycles. The summed E-state index contributed by atoms with van der Waals surface area (Å²) in [6.07, 6.45) is 5.51. The maximum Gasteiger partial charge on any atom is 0.306 e. The Kier molecular flexibility index (Phi) is 5.03. The second-order valence-corrected chi connectivity index (χ2v) is 6.24.